The van der Waals surface area contributed by atoms with Crippen molar-refractivity contribution in [1.29, 1.82) is 0 Å². The van der Waals surface area contributed by atoms with Crippen molar-refractivity contribution >= 4 is 28.8 Å². The molecule has 2 N–H and O–H groups in total. The number of aromatic amines is 1. The lowest BCUT2D eigenvalue weighted by molar-refractivity contribution is 0.0901. The van der Waals surface area contributed by atoms with E-state index in [1.165, 1.54) is 17.1 Å². The van der Waals surface area contributed by atoms with Crippen molar-refractivity contribution in [2.75, 3.05) is 13.1 Å². The third-order valence-corrected chi connectivity index (χ3v) is 5.06. The minimum Gasteiger partial charge on any atom is -0.348 e. The molecule has 2 aromatic heterocycles. The number of hydrogen-bond donors (Lipinski definition) is 2. The van der Waals surface area contributed by atoms with Crippen molar-refractivity contribution in [2.45, 2.75) is 25.4 Å². The second kappa shape index (κ2) is 7.29. The molecule has 1 amide bonds. The number of rotatable bonds is 4. The average Bonchev–Trinajstić information content (AvgIpc) is 3.03. The fourth-order valence-corrected chi connectivity index (χ4v) is 3.71. The zero-order chi connectivity index (χ0) is 16.2. The first-order chi connectivity index (χ1) is 11.1. The molecule has 0 aromatic carbocycles. The molecule has 5 nitrogen and oxygen atoms in total. The molecule has 1 aliphatic heterocycles. The van der Waals surface area contributed by atoms with E-state index in [0.29, 0.717) is 5.56 Å². The molecule has 3 rings (SSSR count). The average molecular weight is 352 g/mol. The highest BCUT2D eigenvalue weighted by Crippen LogP contribution is 2.17. The van der Waals surface area contributed by atoms with Gasteiger partial charge in [-0.05, 0) is 36.9 Å². The predicted octanol–water partition coefficient (Wildman–Crippen LogP) is 2.48. The van der Waals surface area contributed by atoms with Gasteiger partial charge in [0.15, 0.2) is 0 Å². The quantitative estimate of drug-likeness (QED) is 0.889. The van der Waals surface area contributed by atoms with Gasteiger partial charge in [-0.25, -0.2) is 0 Å². The molecule has 1 saturated heterocycles. The van der Waals surface area contributed by atoms with E-state index >= 15 is 0 Å². The molecule has 1 atom stereocenters. The summed E-state index contributed by atoms with van der Waals surface area (Å²) in [5.41, 5.74) is -0.00649. The summed E-state index contributed by atoms with van der Waals surface area (Å²) in [6, 6.07) is 5.71. The van der Waals surface area contributed by atoms with Crippen LogP contribution in [0.15, 0.2) is 34.6 Å². The van der Waals surface area contributed by atoms with E-state index in [-0.39, 0.29) is 22.5 Å². The minimum absolute atomic E-state index is 0.0283. The lowest BCUT2D eigenvalue weighted by Crippen LogP contribution is -2.47. The van der Waals surface area contributed by atoms with Gasteiger partial charge in [0.2, 0.25) is 0 Å². The maximum atomic E-state index is 12.3. The van der Waals surface area contributed by atoms with E-state index in [0.717, 1.165) is 32.5 Å². The molecule has 3 heterocycles. The fourth-order valence-electron chi connectivity index (χ4n) is 2.80. The Kier molecular flexibility index (Phi) is 5.15. The number of amides is 1. The van der Waals surface area contributed by atoms with E-state index in [1.807, 2.05) is 0 Å². The standard InChI is InChI=1S/C16H18ClN3O2S/c17-14-7-11(8-18-16(14)22)15(21)19-12-3-1-5-20(9-12)10-13-4-2-6-23-13/h2,4,6-8,12H,1,3,5,9-10H2,(H,18,22)(H,19,21)/t12-/m0/s1. The largest absolute Gasteiger partial charge is 0.348 e. The zero-order valence-electron chi connectivity index (χ0n) is 12.5. The van der Waals surface area contributed by atoms with Gasteiger partial charge in [0.1, 0.15) is 5.02 Å². The van der Waals surface area contributed by atoms with E-state index in [9.17, 15) is 9.59 Å². The molecule has 0 aliphatic carbocycles. The number of hydrogen-bond acceptors (Lipinski definition) is 4. The third-order valence-electron chi connectivity index (χ3n) is 3.92. The normalized spacial score (nSPS) is 18.7. The lowest BCUT2D eigenvalue weighted by atomic mass is 10.1. The van der Waals surface area contributed by atoms with E-state index < -0.39 is 0 Å². The van der Waals surface area contributed by atoms with Gasteiger partial charge < -0.3 is 10.3 Å². The Bertz CT molecular complexity index is 729. The summed E-state index contributed by atoms with van der Waals surface area (Å²) in [7, 11) is 0. The van der Waals surface area contributed by atoms with Gasteiger partial charge >= 0.3 is 0 Å². The van der Waals surface area contributed by atoms with Crippen LogP contribution in [0.4, 0.5) is 0 Å². The van der Waals surface area contributed by atoms with Crippen molar-refractivity contribution in [3.63, 3.8) is 0 Å². The van der Waals surface area contributed by atoms with Crippen molar-refractivity contribution in [1.82, 2.24) is 15.2 Å². The first-order valence-corrected chi connectivity index (χ1v) is 8.81. The number of piperidine rings is 1. The number of thiophene rings is 1. The number of aromatic nitrogens is 1. The topological polar surface area (TPSA) is 65.2 Å². The number of carbonyl (C=O) groups is 1. The van der Waals surface area contributed by atoms with Gasteiger partial charge in [-0.15, -0.1) is 11.3 Å². The monoisotopic (exact) mass is 351 g/mol. The van der Waals surface area contributed by atoms with Gasteiger partial charge in [0.25, 0.3) is 11.5 Å². The van der Waals surface area contributed by atoms with E-state index in [4.69, 9.17) is 11.6 Å². The third kappa shape index (κ3) is 4.22. The summed E-state index contributed by atoms with van der Waals surface area (Å²) in [5, 5.41) is 5.14. The first kappa shape index (κ1) is 16.2. The number of nitrogens with one attached hydrogen (secondary N) is 2. The molecule has 1 aliphatic rings. The molecule has 0 bridgehead atoms. The smallest absolute Gasteiger partial charge is 0.266 e. The highest BCUT2D eigenvalue weighted by atomic mass is 35.5. The van der Waals surface area contributed by atoms with Crippen molar-refractivity contribution < 1.29 is 4.79 Å². The lowest BCUT2D eigenvalue weighted by Gasteiger charge is -2.32. The molecule has 0 saturated carbocycles. The summed E-state index contributed by atoms with van der Waals surface area (Å²) < 4.78 is 0. The SMILES string of the molecule is O=C(N[C@H]1CCCN(Cc2cccs2)C1)c1c[nH]c(=O)c(Cl)c1. The van der Waals surface area contributed by atoms with Crippen molar-refractivity contribution in [3.8, 4) is 0 Å². The van der Waals surface area contributed by atoms with Gasteiger partial charge in [0, 0.05) is 30.2 Å². The van der Waals surface area contributed by atoms with Crippen LogP contribution < -0.4 is 10.9 Å². The Morgan fingerprint density at radius 1 is 1.52 bits per heavy atom. The number of pyridine rings is 1. The van der Waals surface area contributed by atoms with Gasteiger partial charge in [-0.2, -0.15) is 0 Å². The molecule has 0 radical (unpaired) electrons. The van der Waals surface area contributed by atoms with Crippen LogP contribution in [0.2, 0.25) is 5.02 Å². The van der Waals surface area contributed by atoms with E-state index in [1.54, 1.807) is 11.3 Å². The van der Waals surface area contributed by atoms with Gasteiger partial charge in [0.05, 0.1) is 5.56 Å². The second-order valence-corrected chi connectivity index (χ2v) is 7.13. The van der Waals surface area contributed by atoms with Crippen LogP contribution in [-0.4, -0.2) is 34.9 Å². The van der Waals surface area contributed by atoms with Crippen LogP contribution in [0, 0.1) is 0 Å². The van der Waals surface area contributed by atoms with Gasteiger partial charge in [-0.3, -0.25) is 14.5 Å². The molecule has 0 spiro atoms. The van der Waals surface area contributed by atoms with Crippen LogP contribution in [0.5, 0.6) is 0 Å². The summed E-state index contributed by atoms with van der Waals surface area (Å²) in [4.78, 5) is 29.7. The van der Waals surface area contributed by atoms with Crippen LogP contribution in [0.3, 0.4) is 0 Å². The number of carbonyl (C=O) groups excluding carboxylic acids is 1. The molecular formula is C16H18ClN3O2S. The molecule has 23 heavy (non-hydrogen) atoms. The number of H-pyrrole nitrogens is 1. The zero-order valence-corrected chi connectivity index (χ0v) is 14.1. The van der Waals surface area contributed by atoms with Crippen LogP contribution >= 0.6 is 22.9 Å². The Labute approximate surface area is 143 Å². The maximum Gasteiger partial charge on any atom is 0.266 e. The first-order valence-electron chi connectivity index (χ1n) is 7.55. The van der Waals surface area contributed by atoms with Crippen LogP contribution in [-0.2, 0) is 6.54 Å². The summed E-state index contributed by atoms with van der Waals surface area (Å²) in [6.07, 6.45) is 3.42. The second-order valence-electron chi connectivity index (χ2n) is 5.69. The predicted molar refractivity (Wildman–Crippen MR) is 92.2 cm³/mol. The molecule has 2 aromatic rings. The van der Waals surface area contributed by atoms with Gasteiger partial charge in [-0.1, -0.05) is 17.7 Å². The molecule has 1 fully saturated rings. The van der Waals surface area contributed by atoms with E-state index in [2.05, 4.69) is 32.7 Å². The number of halogens is 1. The number of nitrogens with zero attached hydrogens (tertiary/aromatic N) is 1. The Balaban J connectivity index is 1.59. The Hall–Kier alpha value is -1.63. The Morgan fingerprint density at radius 2 is 2.39 bits per heavy atom. The van der Waals surface area contributed by atoms with Crippen molar-refractivity contribution in [3.05, 3.63) is 55.6 Å². The molecule has 0 unspecified atom stereocenters. The summed E-state index contributed by atoms with van der Waals surface area (Å²) in [6.45, 7) is 2.81. The fraction of sp³-hybridized carbons (Fsp3) is 0.375. The molecule has 7 heteroatoms. The maximum absolute atomic E-state index is 12.3. The highest BCUT2D eigenvalue weighted by molar-refractivity contribution is 7.09. The highest BCUT2D eigenvalue weighted by Gasteiger charge is 2.22. The van der Waals surface area contributed by atoms with Crippen LogP contribution in [0.25, 0.3) is 0 Å². The Morgan fingerprint density at radius 3 is 3.13 bits per heavy atom. The molecule has 122 valence electrons. The summed E-state index contributed by atoms with van der Waals surface area (Å²) >= 11 is 7.53. The minimum atomic E-state index is -0.386. The molecular weight excluding hydrogens is 334 g/mol. The summed E-state index contributed by atoms with van der Waals surface area (Å²) in [5.74, 6) is -0.203. The van der Waals surface area contributed by atoms with Crippen LogP contribution in [0.1, 0.15) is 28.1 Å². The number of likely N-dealkylation sites (tertiary alicyclic amines) is 1. The van der Waals surface area contributed by atoms with Crippen molar-refractivity contribution in [2.24, 2.45) is 0 Å².